The van der Waals surface area contributed by atoms with Crippen LogP contribution < -0.4 is 14.8 Å². The molecule has 0 fully saturated rings. The molecule has 0 aliphatic heterocycles. The molecule has 1 N–H and O–H groups in total. The Labute approximate surface area is 139 Å². The largest absolute Gasteiger partial charge is 0.493 e. The minimum absolute atomic E-state index is 0.547. The molecular weight excluding hydrogens is 286 g/mol. The first-order valence-electron chi connectivity index (χ1n) is 8.38. The molecule has 0 aliphatic rings. The van der Waals surface area contributed by atoms with Crippen molar-refractivity contribution in [2.75, 3.05) is 13.7 Å². The fraction of sp³-hybridized carbons (Fsp3) is 0.400. The molecule has 0 unspecified atom stereocenters. The lowest BCUT2D eigenvalue weighted by Crippen LogP contribution is -2.14. The van der Waals surface area contributed by atoms with Gasteiger partial charge in [0.15, 0.2) is 11.5 Å². The van der Waals surface area contributed by atoms with Crippen molar-refractivity contribution in [3.8, 4) is 11.5 Å². The quantitative estimate of drug-likeness (QED) is 0.653. The zero-order chi connectivity index (χ0) is 16.3. The van der Waals surface area contributed by atoms with Crippen molar-refractivity contribution in [2.24, 2.45) is 0 Å². The van der Waals surface area contributed by atoms with Gasteiger partial charge in [-0.15, -0.1) is 0 Å². The van der Waals surface area contributed by atoms with E-state index in [1.165, 1.54) is 24.8 Å². The van der Waals surface area contributed by atoms with E-state index < -0.39 is 0 Å². The van der Waals surface area contributed by atoms with Crippen LogP contribution in [0.4, 0.5) is 0 Å². The molecule has 2 rings (SSSR count). The lowest BCUT2D eigenvalue weighted by atomic mass is 10.2. The van der Waals surface area contributed by atoms with Crippen LogP contribution in [0.1, 0.15) is 37.3 Å². The van der Waals surface area contributed by atoms with Crippen LogP contribution in [-0.4, -0.2) is 13.7 Å². The van der Waals surface area contributed by atoms with Gasteiger partial charge in [-0.25, -0.2) is 0 Å². The van der Waals surface area contributed by atoms with E-state index in [0.717, 1.165) is 30.2 Å². The second-order valence-electron chi connectivity index (χ2n) is 5.64. The molecule has 124 valence electrons. The summed E-state index contributed by atoms with van der Waals surface area (Å²) in [6, 6.07) is 16.3. The van der Waals surface area contributed by atoms with Gasteiger partial charge >= 0.3 is 0 Å². The summed E-state index contributed by atoms with van der Waals surface area (Å²) in [5, 5.41) is 3.47. The number of nitrogens with one attached hydrogen (secondary N) is 1. The van der Waals surface area contributed by atoms with Crippen molar-refractivity contribution in [2.45, 2.75) is 39.3 Å². The highest BCUT2D eigenvalue weighted by Gasteiger charge is 2.06. The lowest BCUT2D eigenvalue weighted by molar-refractivity contribution is 0.284. The van der Waals surface area contributed by atoms with Gasteiger partial charge < -0.3 is 14.8 Å². The third-order valence-corrected chi connectivity index (χ3v) is 3.75. The van der Waals surface area contributed by atoms with Crippen LogP contribution >= 0.6 is 0 Å². The van der Waals surface area contributed by atoms with Gasteiger partial charge in [0.2, 0.25) is 0 Å². The molecule has 2 aromatic carbocycles. The van der Waals surface area contributed by atoms with Crippen molar-refractivity contribution in [3.05, 3.63) is 59.7 Å². The number of hydrogen-bond acceptors (Lipinski definition) is 3. The fourth-order valence-electron chi connectivity index (χ4n) is 2.41. The zero-order valence-corrected chi connectivity index (χ0v) is 14.2. The van der Waals surface area contributed by atoms with Crippen LogP contribution in [0.5, 0.6) is 11.5 Å². The summed E-state index contributed by atoms with van der Waals surface area (Å²) in [6.45, 7) is 4.69. The predicted molar refractivity (Wildman–Crippen MR) is 95.0 cm³/mol. The van der Waals surface area contributed by atoms with Crippen molar-refractivity contribution in [1.29, 1.82) is 0 Å². The Morgan fingerprint density at radius 1 is 0.913 bits per heavy atom. The first-order chi connectivity index (χ1) is 11.3. The molecule has 0 atom stereocenters. The smallest absolute Gasteiger partial charge is 0.161 e. The van der Waals surface area contributed by atoms with Crippen LogP contribution in [0.2, 0.25) is 0 Å². The molecule has 3 heteroatoms. The normalized spacial score (nSPS) is 10.5. The number of methoxy groups -OCH3 is 1. The van der Waals surface area contributed by atoms with Gasteiger partial charge in [-0.05, 0) is 36.2 Å². The minimum Gasteiger partial charge on any atom is -0.493 e. The Bertz CT molecular complexity index is 569. The van der Waals surface area contributed by atoms with Crippen LogP contribution in [0.15, 0.2) is 48.5 Å². The molecule has 0 heterocycles. The van der Waals surface area contributed by atoms with Crippen LogP contribution in [0.3, 0.4) is 0 Å². The maximum atomic E-state index is 5.88. The second-order valence-corrected chi connectivity index (χ2v) is 5.64. The molecule has 0 saturated heterocycles. The maximum Gasteiger partial charge on any atom is 0.161 e. The average molecular weight is 313 g/mol. The molecule has 0 aromatic heterocycles. The highest BCUT2D eigenvalue weighted by atomic mass is 16.5. The third kappa shape index (κ3) is 5.95. The number of hydrogen-bond donors (Lipinski definition) is 1. The van der Waals surface area contributed by atoms with E-state index in [4.69, 9.17) is 9.47 Å². The van der Waals surface area contributed by atoms with E-state index in [9.17, 15) is 0 Å². The average Bonchev–Trinajstić information content (AvgIpc) is 2.61. The summed E-state index contributed by atoms with van der Waals surface area (Å²) in [6.07, 6.45) is 3.76. The molecule has 3 nitrogen and oxygen atoms in total. The Kier molecular flexibility index (Phi) is 7.47. The minimum atomic E-state index is 0.547. The van der Waals surface area contributed by atoms with Gasteiger partial charge in [0, 0.05) is 6.54 Å². The molecule has 0 radical (unpaired) electrons. The topological polar surface area (TPSA) is 30.5 Å². The molecule has 0 saturated carbocycles. The van der Waals surface area contributed by atoms with Crippen molar-refractivity contribution in [1.82, 2.24) is 5.32 Å². The molecule has 0 bridgehead atoms. The molecule has 23 heavy (non-hydrogen) atoms. The van der Waals surface area contributed by atoms with E-state index in [1.54, 1.807) is 7.11 Å². The molecule has 0 aliphatic carbocycles. The number of unbranched alkanes of at least 4 members (excludes halogenated alkanes) is 2. The Balaban J connectivity index is 1.88. The monoisotopic (exact) mass is 313 g/mol. The third-order valence-electron chi connectivity index (χ3n) is 3.75. The summed E-state index contributed by atoms with van der Waals surface area (Å²) in [5.74, 6) is 1.57. The van der Waals surface area contributed by atoms with Crippen LogP contribution in [0.25, 0.3) is 0 Å². The van der Waals surface area contributed by atoms with Gasteiger partial charge in [-0.1, -0.05) is 56.2 Å². The van der Waals surface area contributed by atoms with Gasteiger partial charge in [-0.3, -0.25) is 0 Å². The molecule has 2 aromatic rings. The lowest BCUT2D eigenvalue weighted by Gasteiger charge is -2.13. The fourth-order valence-corrected chi connectivity index (χ4v) is 2.41. The first-order valence-corrected chi connectivity index (χ1v) is 8.38. The Morgan fingerprint density at radius 3 is 2.48 bits per heavy atom. The summed E-state index contributed by atoms with van der Waals surface area (Å²) in [5.41, 5.74) is 2.36. The summed E-state index contributed by atoms with van der Waals surface area (Å²) >= 11 is 0. The second kappa shape index (κ2) is 9.90. The molecular formula is C20H27NO2. The molecule has 0 amide bonds. The Hall–Kier alpha value is -2.00. The van der Waals surface area contributed by atoms with E-state index in [-0.39, 0.29) is 0 Å². The van der Waals surface area contributed by atoms with Crippen molar-refractivity contribution < 1.29 is 9.47 Å². The maximum absolute atomic E-state index is 5.88. The van der Waals surface area contributed by atoms with Crippen LogP contribution in [-0.2, 0) is 13.2 Å². The van der Waals surface area contributed by atoms with Crippen molar-refractivity contribution >= 4 is 0 Å². The first kappa shape index (κ1) is 17.4. The summed E-state index contributed by atoms with van der Waals surface area (Å²) in [7, 11) is 1.68. The summed E-state index contributed by atoms with van der Waals surface area (Å²) < 4.78 is 11.3. The van der Waals surface area contributed by atoms with Gasteiger partial charge in [0.1, 0.15) is 6.61 Å². The number of benzene rings is 2. The standard InChI is InChI=1S/C20H27NO2/c1-3-4-8-13-21-15-18-11-12-19(20(14-18)22-2)23-16-17-9-6-5-7-10-17/h5-7,9-12,14,21H,3-4,8,13,15-16H2,1-2H3. The highest BCUT2D eigenvalue weighted by molar-refractivity contribution is 5.43. The van der Waals surface area contributed by atoms with Gasteiger partial charge in [0.25, 0.3) is 0 Å². The number of ether oxygens (including phenoxy) is 2. The molecule has 0 spiro atoms. The SMILES string of the molecule is CCCCCNCc1ccc(OCc2ccccc2)c(OC)c1. The van der Waals surface area contributed by atoms with Crippen LogP contribution in [0, 0.1) is 0 Å². The van der Waals surface area contributed by atoms with E-state index in [1.807, 2.05) is 30.3 Å². The van der Waals surface area contributed by atoms with E-state index in [0.29, 0.717) is 6.61 Å². The number of rotatable bonds is 10. The highest BCUT2D eigenvalue weighted by Crippen LogP contribution is 2.28. The van der Waals surface area contributed by atoms with Gasteiger partial charge in [0.05, 0.1) is 7.11 Å². The Morgan fingerprint density at radius 2 is 1.74 bits per heavy atom. The zero-order valence-electron chi connectivity index (χ0n) is 14.2. The van der Waals surface area contributed by atoms with Gasteiger partial charge in [-0.2, -0.15) is 0 Å². The summed E-state index contributed by atoms with van der Waals surface area (Å²) in [4.78, 5) is 0. The van der Waals surface area contributed by atoms with E-state index >= 15 is 0 Å². The van der Waals surface area contributed by atoms with E-state index in [2.05, 4.69) is 30.4 Å². The van der Waals surface area contributed by atoms with Crippen molar-refractivity contribution in [3.63, 3.8) is 0 Å². The predicted octanol–water partition coefficient (Wildman–Crippen LogP) is 4.55.